The van der Waals surface area contributed by atoms with Gasteiger partial charge in [0, 0.05) is 0 Å². The lowest BCUT2D eigenvalue weighted by molar-refractivity contribution is 0.396. The summed E-state index contributed by atoms with van der Waals surface area (Å²) in [6.45, 7) is 0. The highest BCUT2D eigenvalue weighted by molar-refractivity contribution is 6.31. The monoisotopic (exact) mass is 208 g/mol. The Morgan fingerprint density at radius 1 is 1.57 bits per heavy atom. The molecular formula is C10H9ClN2O. The van der Waals surface area contributed by atoms with E-state index in [-0.39, 0.29) is 5.41 Å². The van der Waals surface area contributed by atoms with Gasteiger partial charge in [-0.25, -0.2) is 4.98 Å². The molecule has 72 valence electrons. The first kappa shape index (κ1) is 9.29. The predicted molar refractivity (Wildman–Crippen MR) is 52.3 cm³/mol. The van der Waals surface area contributed by atoms with Crippen LogP contribution in [0.1, 0.15) is 18.5 Å². The summed E-state index contributed by atoms with van der Waals surface area (Å²) >= 11 is 5.84. The molecule has 1 aromatic heterocycles. The van der Waals surface area contributed by atoms with Crippen molar-refractivity contribution in [3.63, 3.8) is 0 Å². The molecule has 0 radical (unpaired) electrons. The summed E-state index contributed by atoms with van der Waals surface area (Å²) in [5.41, 5.74) is 0.388. The minimum Gasteiger partial charge on any atom is -0.480 e. The van der Waals surface area contributed by atoms with Crippen LogP contribution in [0.3, 0.4) is 0 Å². The zero-order valence-electron chi connectivity index (χ0n) is 7.75. The van der Waals surface area contributed by atoms with Crippen molar-refractivity contribution in [2.75, 3.05) is 7.11 Å². The van der Waals surface area contributed by atoms with Crippen molar-refractivity contribution in [2.24, 2.45) is 0 Å². The van der Waals surface area contributed by atoms with Crippen LogP contribution in [-0.2, 0) is 5.41 Å². The van der Waals surface area contributed by atoms with Gasteiger partial charge in [-0.05, 0) is 25.0 Å². The Morgan fingerprint density at radius 2 is 2.29 bits per heavy atom. The molecule has 1 aliphatic carbocycles. The van der Waals surface area contributed by atoms with E-state index in [0.29, 0.717) is 10.9 Å². The van der Waals surface area contributed by atoms with E-state index in [0.717, 1.165) is 18.5 Å². The standard InChI is InChI=1S/C10H9ClN2O/c1-14-9-7(11)2-3-8(13-9)10(6-12)4-5-10/h2-3H,4-5H2,1H3. The van der Waals surface area contributed by atoms with Gasteiger partial charge in [-0.3, -0.25) is 0 Å². The van der Waals surface area contributed by atoms with Crippen LogP contribution in [0.5, 0.6) is 5.88 Å². The normalized spacial score (nSPS) is 17.2. The van der Waals surface area contributed by atoms with Gasteiger partial charge in [0.1, 0.15) is 5.02 Å². The van der Waals surface area contributed by atoms with Gasteiger partial charge >= 0.3 is 0 Å². The molecule has 0 bridgehead atoms. The van der Waals surface area contributed by atoms with E-state index in [9.17, 15) is 0 Å². The second-order valence-corrected chi connectivity index (χ2v) is 3.79. The Labute approximate surface area is 87.3 Å². The van der Waals surface area contributed by atoms with Gasteiger partial charge in [-0.15, -0.1) is 0 Å². The van der Waals surface area contributed by atoms with Crippen molar-refractivity contribution in [1.29, 1.82) is 5.26 Å². The average molecular weight is 209 g/mol. The molecule has 2 rings (SSSR count). The maximum absolute atomic E-state index is 8.98. The number of pyridine rings is 1. The summed E-state index contributed by atoms with van der Waals surface area (Å²) in [5.74, 6) is 0.394. The molecule has 0 aromatic carbocycles. The third-order valence-electron chi connectivity index (χ3n) is 2.46. The minimum atomic E-state index is -0.377. The lowest BCUT2D eigenvalue weighted by Crippen LogP contribution is -2.06. The molecule has 0 atom stereocenters. The predicted octanol–water partition coefficient (Wildman–Crippen LogP) is 2.30. The number of nitrogens with zero attached hydrogens (tertiary/aromatic N) is 2. The van der Waals surface area contributed by atoms with Crippen molar-refractivity contribution < 1.29 is 4.74 Å². The smallest absolute Gasteiger partial charge is 0.232 e. The van der Waals surface area contributed by atoms with E-state index in [1.54, 1.807) is 12.1 Å². The van der Waals surface area contributed by atoms with Crippen LogP contribution < -0.4 is 4.74 Å². The van der Waals surface area contributed by atoms with Crippen molar-refractivity contribution in [1.82, 2.24) is 4.98 Å². The lowest BCUT2D eigenvalue weighted by atomic mass is 10.0. The third kappa shape index (κ3) is 1.32. The van der Waals surface area contributed by atoms with E-state index in [4.69, 9.17) is 21.6 Å². The Balaban J connectivity index is 2.42. The summed E-state index contributed by atoms with van der Waals surface area (Å²) in [7, 11) is 1.52. The van der Waals surface area contributed by atoms with E-state index < -0.39 is 0 Å². The molecule has 1 heterocycles. The summed E-state index contributed by atoms with van der Waals surface area (Å²) < 4.78 is 5.00. The first-order chi connectivity index (χ1) is 6.72. The summed E-state index contributed by atoms with van der Waals surface area (Å²) in [6.07, 6.45) is 1.75. The van der Waals surface area contributed by atoms with Gasteiger partial charge in [0.2, 0.25) is 5.88 Å². The molecule has 0 amide bonds. The highest BCUT2D eigenvalue weighted by Gasteiger charge is 2.46. The number of nitriles is 1. The van der Waals surface area contributed by atoms with Gasteiger partial charge in [0.25, 0.3) is 0 Å². The van der Waals surface area contributed by atoms with Crippen molar-refractivity contribution >= 4 is 11.6 Å². The molecule has 1 saturated carbocycles. The van der Waals surface area contributed by atoms with Crippen LogP contribution in [0.15, 0.2) is 12.1 Å². The van der Waals surface area contributed by atoms with Crippen LogP contribution in [0, 0.1) is 11.3 Å². The van der Waals surface area contributed by atoms with E-state index in [1.165, 1.54) is 7.11 Å². The molecule has 14 heavy (non-hydrogen) atoms. The first-order valence-corrected chi connectivity index (χ1v) is 4.72. The molecule has 0 aliphatic heterocycles. The second-order valence-electron chi connectivity index (χ2n) is 3.38. The van der Waals surface area contributed by atoms with Crippen LogP contribution in [-0.4, -0.2) is 12.1 Å². The van der Waals surface area contributed by atoms with Crippen LogP contribution in [0.25, 0.3) is 0 Å². The van der Waals surface area contributed by atoms with Gasteiger partial charge in [0.05, 0.1) is 24.3 Å². The molecule has 1 aromatic rings. The second kappa shape index (κ2) is 3.14. The fraction of sp³-hybridized carbons (Fsp3) is 0.400. The summed E-state index contributed by atoms with van der Waals surface area (Å²) in [6, 6.07) is 5.79. The Morgan fingerprint density at radius 3 is 2.79 bits per heavy atom. The van der Waals surface area contributed by atoms with Gasteiger partial charge in [0.15, 0.2) is 0 Å². The van der Waals surface area contributed by atoms with E-state index in [1.807, 2.05) is 0 Å². The number of hydrogen-bond acceptors (Lipinski definition) is 3. The lowest BCUT2D eigenvalue weighted by Gasteiger charge is -2.07. The van der Waals surface area contributed by atoms with Crippen LogP contribution in [0.4, 0.5) is 0 Å². The molecule has 1 aliphatic rings. The highest BCUT2D eigenvalue weighted by Crippen LogP contribution is 2.47. The van der Waals surface area contributed by atoms with Crippen molar-refractivity contribution in [3.8, 4) is 11.9 Å². The SMILES string of the molecule is COc1nc(C2(C#N)CC2)ccc1Cl. The zero-order valence-corrected chi connectivity index (χ0v) is 8.51. The average Bonchev–Trinajstić information content (AvgIpc) is 2.99. The first-order valence-electron chi connectivity index (χ1n) is 4.34. The van der Waals surface area contributed by atoms with Crippen molar-refractivity contribution in [3.05, 3.63) is 22.8 Å². The van der Waals surface area contributed by atoms with E-state index in [2.05, 4.69) is 11.1 Å². The quantitative estimate of drug-likeness (QED) is 0.749. The maximum Gasteiger partial charge on any atom is 0.232 e. The Bertz CT molecular complexity index is 407. The molecular weight excluding hydrogens is 200 g/mol. The van der Waals surface area contributed by atoms with Crippen molar-refractivity contribution in [2.45, 2.75) is 18.3 Å². The molecule has 0 saturated heterocycles. The molecule has 1 fully saturated rings. The van der Waals surface area contributed by atoms with Crippen LogP contribution >= 0.6 is 11.6 Å². The number of halogens is 1. The molecule has 3 nitrogen and oxygen atoms in total. The van der Waals surface area contributed by atoms with Gasteiger partial charge < -0.3 is 4.74 Å². The van der Waals surface area contributed by atoms with Crippen LogP contribution in [0.2, 0.25) is 5.02 Å². The fourth-order valence-corrected chi connectivity index (χ4v) is 1.57. The third-order valence-corrected chi connectivity index (χ3v) is 2.75. The summed E-state index contributed by atoms with van der Waals surface area (Å²) in [5, 5.41) is 9.46. The van der Waals surface area contributed by atoms with Gasteiger partial charge in [-0.1, -0.05) is 11.6 Å². The van der Waals surface area contributed by atoms with E-state index >= 15 is 0 Å². The largest absolute Gasteiger partial charge is 0.480 e. The molecule has 0 spiro atoms. The maximum atomic E-state index is 8.98. The number of methoxy groups -OCH3 is 1. The number of rotatable bonds is 2. The molecule has 0 N–H and O–H groups in total. The van der Waals surface area contributed by atoms with Gasteiger partial charge in [-0.2, -0.15) is 5.26 Å². The topological polar surface area (TPSA) is 45.9 Å². The molecule has 0 unspecified atom stereocenters. The number of hydrogen-bond donors (Lipinski definition) is 0. The zero-order chi connectivity index (χ0) is 10.2. The Hall–Kier alpha value is -1.27. The fourth-order valence-electron chi connectivity index (χ4n) is 1.38. The highest BCUT2D eigenvalue weighted by atomic mass is 35.5. The summed E-state index contributed by atoms with van der Waals surface area (Å²) in [4.78, 5) is 4.22. The number of ether oxygens (including phenoxy) is 1. The minimum absolute atomic E-state index is 0.377. The number of aromatic nitrogens is 1. The molecule has 4 heteroatoms. The Kier molecular flexibility index (Phi) is 2.09.